The molecule has 0 unspecified atom stereocenters. The zero-order chi connectivity index (χ0) is 31.2. The molecule has 0 bridgehead atoms. The first-order chi connectivity index (χ1) is 20.8. The average Bonchev–Trinajstić information content (AvgIpc) is 3.01. The lowest BCUT2D eigenvalue weighted by Crippen LogP contribution is -2.21. The third kappa shape index (κ3) is 8.83. The van der Waals surface area contributed by atoms with Crippen LogP contribution >= 0.6 is 0 Å². The van der Waals surface area contributed by atoms with E-state index in [4.69, 9.17) is 23.7 Å². The second-order valence-electron chi connectivity index (χ2n) is 8.80. The minimum absolute atomic E-state index is 0.0156. The van der Waals surface area contributed by atoms with Gasteiger partial charge in [0.1, 0.15) is 13.2 Å². The van der Waals surface area contributed by atoms with Crippen LogP contribution in [0.15, 0.2) is 94.8 Å². The van der Waals surface area contributed by atoms with Crippen LogP contribution in [0, 0.1) is 6.92 Å². The number of nitrogens with zero attached hydrogens (tertiary/aromatic N) is 2. The highest BCUT2D eigenvalue weighted by Crippen LogP contribution is 2.23. The molecule has 0 aliphatic heterocycles. The second kappa shape index (κ2) is 16.2. The maximum absolute atomic E-state index is 12.0. The van der Waals surface area contributed by atoms with Gasteiger partial charge in [0, 0.05) is 24.5 Å². The van der Waals surface area contributed by atoms with Crippen LogP contribution < -0.4 is 25.1 Å². The fourth-order valence-corrected chi connectivity index (χ4v) is 3.80. The van der Waals surface area contributed by atoms with Crippen molar-refractivity contribution in [2.45, 2.75) is 34.0 Å². The number of carbonyl (C=O) groups excluding carboxylic acids is 2. The molecular formula is C32H34N2O9. The van der Waals surface area contributed by atoms with Crippen molar-refractivity contribution in [3.8, 4) is 17.4 Å². The summed E-state index contributed by atoms with van der Waals surface area (Å²) >= 11 is 0. The Balaban J connectivity index is 0.000000236. The number of ether oxygens (including phenoxy) is 5. The maximum atomic E-state index is 12.0. The van der Waals surface area contributed by atoms with Gasteiger partial charge in [-0.3, -0.25) is 14.2 Å². The molecule has 0 aliphatic carbocycles. The fraction of sp³-hybridized carbons (Fsp3) is 0.250. The summed E-state index contributed by atoms with van der Waals surface area (Å²) in [7, 11) is 1.36. The molecule has 2 heterocycles. The number of pyridine rings is 2. The predicted molar refractivity (Wildman–Crippen MR) is 159 cm³/mol. The number of hydrogen-bond acceptors (Lipinski definition) is 9. The summed E-state index contributed by atoms with van der Waals surface area (Å²) in [4.78, 5) is 47.5. The van der Waals surface area contributed by atoms with Crippen molar-refractivity contribution in [1.82, 2.24) is 9.13 Å². The highest BCUT2D eigenvalue weighted by molar-refractivity contribution is 5.73. The van der Waals surface area contributed by atoms with E-state index >= 15 is 0 Å². The first-order valence-corrected chi connectivity index (χ1v) is 13.5. The van der Waals surface area contributed by atoms with Gasteiger partial charge < -0.3 is 23.7 Å². The molecule has 43 heavy (non-hydrogen) atoms. The molecule has 11 nitrogen and oxygen atoms in total. The molecule has 0 saturated heterocycles. The maximum Gasteiger partial charge on any atom is 0.420 e. The molecule has 4 aromatic rings. The normalized spacial score (nSPS) is 10.1. The van der Waals surface area contributed by atoms with Crippen LogP contribution in [0.25, 0.3) is 0 Å². The number of rotatable bonds is 9. The molecule has 2 aromatic heterocycles. The van der Waals surface area contributed by atoms with Gasteiger partial charge in [-0.1, -0.05) is 60.7 Å². The smallest absolute Gasteiger partial charge is 0.420 e. The van der Waals surface area contributed by atoms with Crippen LogP contribution in [-0.4, -0.2) is 41.6 Å². The molecule has 0 fully saturated rings. The van der Waals surface area contributed by atoms with Gasteiger partial charge in [-0.25, -0.2) is 14.2 Å². The van der Waals surface area contributed by atoms with Crippen molar-refractivity contribution < 1.29 is 33.3 Å². The summed E-state index contributed by atoms with van der Waals surface area (Å²) in [6, 6.07) is 21.4. The molecule has 11 heteroatoms. The third-order valence-electron chi connectivity index (χ3n) is 5.87. The molecule has 0 amide bonds. The van der Waals surface area contributed by atoms with E-state index in [-0.39, 0.29) is 54.7 Å². The van der Waals surface area contributed by atoms with Gasteiger partial charge in [0.25, 0.3) is 5.88 Å². The van der Waals surface area contributed by atoms with Gasteiger partial charge in [-0.2, -0.15) is 0 Å². The van der Waals surface area contributed by atoms with Gasteiger partial charge in [0.2, 0.25) is 16.6 Å². The SMILES string of the molecule is CCOC(=O)n1ccc(=O)c(OCc2ccccc2)c1C.CCOC(=O)n1ccc(=O)c(OCc2ccccc2)c1OC. The first-order valence-electron chi connectivity index (χ1n) is 13.5. The Labute approximate surface area is 248 Å². The zero-order valence-corrected chi connectivity index (χ0v) is 24.5. The summed E-state index contributed by atoms with van der Waals surface area (Å²) in [5.41, 5.74) is 1.65. The number of aromatic nitrogens is 2. The summed E-state index contributed by atoms with van der Waals surface area (Å²) in [5.74, 6) is 0.151. The van der Waals surface area contributed by atoms with E-state index in [2.05, 4.69) is 0 Å². The summed E-state index contributed by atoms with van der Waals surface area (Å²) in [5, 5.41) is 0. The molecule has 0 radical (unpaired) electrons. The second-order valence-corrected chi connectivity index (χ2v) is 8.80. The number of benzene rings is 2. The van der Waals surface area contributed by atoms with E-state index in [0.717, 1.165) is 15.7 Å². The van der Waals surface area contributed by atoms with E-state index in [0.29, 0.717) is 5.69 Å². The number of hydrogen-bond donors (Lipinski definition) is 0. The summed E-state index contributed by atoms with van der Waals surface area (Å²) in [6.07, 6.45) is 1.53. The molecule has 0 atom stereocenters. The highest BCUT2D eigenvalue weighted by Gasteiger charge is 2.19. The topological polar surface area (TPSA) is 124 Å². The standard InChI is InChI=1S/C16H17NO5.C16H17NO4/c1-3-21-16(19)17-10-9-13(18)14(15(17)20-2)22-11-12-7-5-4-6-8-12;1-3-20-16(19)17-10-9-14(18)15(12(17)2)21-11-13-7-5-4-6-8-13/h4-10H,3,11H2,1-2H3;4-10H,3,11H2,1-2H3. The molecule has 226 valence electrons. The van der Waals surface area contributed by atoms with Crippen molar-refractivity contribution in [1.29, 1.82) is 0 Å². The number of carbonyl (C=O) groups is 2. The lowest BCUT2D eigenvalue weighted by Gasteiger charge is -2.14. The van der Waals surface area contributed by atoms with Gasteiger partial charge in [0.15, 0.2) is 5.75 Å². The van der Waals surface area contributed by atoms with Gasteiger partial charge in [0.05, 0.1) is 26.0 Å². The lowest BCUT2D eigenvalue weighted by atomic mass is 10.2. The monoisotopic (exact) mass is 590 g/mol. The van der Waals surface area contributed by atoms with Gasteiger partial charge in [-0.05, 0) is 31.9 Å². The van der Waals surface area contributed by atoms with Crippen LogP contribution in [0.2, 0.25) is 0 Å². The predicted octanol–water partition coefficient (Wildman–Crippen LogP) is 5.18. The Bertz CT molecular complexity index is 1610. The van der Waals surface area contributed by atoms with E-state index in [1.54, 1.807) is 20.8 Å². The Morgan fingerprint density at radius 1 is 0.651 bits per heavy atom. The van der Waals surface area contributed by atoms with Crippen molar-refractivity contribution >= 4 is 12.2 Å². The Hall–Kier alpha value is -5.32. The average molecular weight is 591 g/mol. The summed E-state index contributed by atoms with van der Waals surface area (Å²) < 4.78 is 28.5. The van der Waals surface area contributed by atoms with Crippen molar-refractivity contribution in [3.63, 3.8) is 0 Å². The number of methoxy groups -OCH3 is 1. The Kier molecular flexibility index (Phi) is 12.1. The van der Waals surface area contributed by atoms with Crippen LogP contribution in [0.1, 0.15) is 30.7 Å². The minimum Gasteiger partial charge on any atom is -0.483 e. The molecule has 0 saturated carbocycles. The Morgan fingerprint density at radius 3 is 1.58 bits per heavy atom. The molecule has 2 aromatic carbocycles. The molecular weight excluding hydrogens is 556 g/mol. The van der Waals surface area contributed by atoms with Crippen molar-refractivity contribution in [2.75, 3.05) is 20.3 Å². The molecule has 0 spiro atoms. The minimum atomic E-state index is -0.635. The zero-order valence-electron chi connectivity index (χ0n) is 24.5. The van der Waals surface area contributed by atoms with E-state index in [1.807, 2.05) is 60.7 Å². The van der Waals surface area contributed by atoms with Crippen LogP contribution in [-0.2, 0) is 22.7 Å². The largest absolute Gasteiger partial charge is 0.483 e. The van der Waals surface area contributed by atoms with E-state index in [9.17, 15) is 19.2 Å². The molecule has 0 aliphatic rings. The third-order valence-corrected chi connectivity index (χ3v) is 5.87. The molecule has 4 rings (SSSR count). The molecule has 0 N–H and O–H groups in total. The van der Waals surface area contributed by atoms with E-state index in [1.165, 1.54) is 36.2 Å². The summed E-state index contributed by atoms with van der Waals surface area (Å²) in [6.45, 7) is 6.02. The Morgan fingerprint density at radius 2 is 1.09 bits per heavy atom. The van der Waals surface area contributed by atoms with Crippen molar-refractivity contribution in [2.24, 2.45) is 0 Å². The van der Waals surface area contributed by atoms with Crippen LogP contribution in [0.5, 0.6) is 17.4 Å². The van der Waals surface area contributed by atoms with E-state index < -0.39 is 12.2 Å². The first kappa shape index (κ1) is 32.2. The quantitative estimate of drug-likeness (QED) is 0.259. The van der Waals surface area contributed by atoms with Crippen LogP contribution in [0.3, 0.4) is 0 Å². The van der Waals surface area contributed by atoms with Crippen molar-refractivity contribution in [3.05, 3.63) is 122 Å². The lowest BCUT2D eigenvalue weighted by molar-refractivity contribution is 0.149. The van der Waals surface area contributed by atoms with Crippen LogP contribution in [0.4, 0.5) is 9.59 Å². The highest BCUT2D eigenvalue weighted by atomic mass is 16.6. The van der Waals surface area contributed by atoms with Gasteiger partial charge >= 0.3 is 12.2 Å². The fourth-order valence-electron chi connectivity index (χ4n) is 3.80. The van der Waals surface area contributed by atoms with Gasteiger partial charge in [-0.15, -0.1) is 0 Å².